The molecule has 0 bridgehead atoms. The summed E-state index contributed by atoms with van der Waals surface area (Å²) in [5, 5.41) is 0. The molecule has 0 N–H and O–H groups in total. The molecule has 2 rings (SSSR count). The van der Waals surface area contributed by atoms with Crippen molar-refractivity contribution in [2.24, 2.45) is 0 Å². The maximum absolute atomic E-state index is 12.9. The van der Waals surface area contributed by atoms with E-state index in [1.807, 2.05) is 0 Å². The second-order valence-electron chi connectivity index (χ2n) is 4.67. The van der Waals surface area contributed by atoms with Gasteiger partial charge in [0.1, 0.15) is 12.1 Å². The van der Waals surface area contributed by atoms with Crippen molar-refractivity contribution in [2.45, 2.75) is 25.7 Å². The zero-order chi connectivity index (χ0) is 13.7. The van der Waals surface area contributed by atoms with Gasteiger partial charge in [0.05, 0.1) is 0 Å². The molecule has 2 aromatic carbocycles. The first-order chi connectivity index (χ1) is 9.22. The normalized spacial score (nSPS) is 12.1. The van der Waals surface area contributed by atoms with Crippen LogP contribution in [0.1, 0.15) is 29.5 Å². The van der Waals surface area contributed by atoms with Crippen LogP contribution in [0.25, 0.3) is 0 Å². The highest BCUT2D eigenvalue weighted by Crippen LogP contribution is 2.20. The largest absolute Gasteiger partial charge is 0.303 e. The van der Waals surface area contributed by atoms with E-state index >= 15 is 0 Å². The van der Waals surface area contributed by atoms with Gasteiger partial charge in [-0.05, 0) is 41.7 Å². The fourth-order valence-electron chi connectivity index (χ4n) is 2.12. The number of carbonyl (C=O) groups is 1. The highest BCUT2D eigenvalue weighted by Gasteiger charge is 2.11. The van der Waals surface area contributed by atoms with Crippen LogP contribution >= 0.6 is 0 Å². The second-order valence-corrected chi connectivity index (χ2v) is 4.67. The maximum Gasteiger partial charge on any atom is 0.127 e. The molecule has 0 saturated carbocycles. The van der Waals surface area contributed by atoms with Gasteiger partial charge in [-0.3, -0.25) is 0 Å². The summed E-state index contributed by atoms with van der Waals surface area (Å²) in [7, 11) is 0. The minimum absolute atomic E-state index is 0.215. The molecule has 0 amide bonds. The summed E-state index contributed by atoms with van der Waals surface area (Å²) in [6.07, 6.45) is 2.59. The Balaban J connectivity index is 2.14. The number of rotatable bonds is 5. The minimum Gasteiger partial charge on any atom is -0.303 e. The molecule has 0 aromatic heterocycles. The Hall–Kier alpha value is -1.96. The van der Waals surface area contributed by atoms with E-state index in [1.54, 1.807) is 12.1 Å². The molecule has 0 aliphatic carbocycles. The first-order valence-electron chi connectivity index (χ1n) is 6.51. The van der Waals surface area contributed by atoms with Crippen molar-refractivity contribution in [3.8, 4) is 0 Å². The summed E-state index contributed by atoms with van der Waals surface area (Å²) in [6.45, 7) is 2.11. The van der Waals surface area contributed by atoms with Gasteiger partial charge in [-0.25, -0.2) is 4.39 Å². The minimum atomic E-state index is -0.277. The molecule has 98 valence electrons. The summed E-state index contributed by atoms with van der Waals surface area (Å²) in [4.78, 5) is 11.2. The van der Waals surface area contributed by atoms with Crippen LogP contribution in [0.2, 0.25) is 0 Å². The van der Waals surface area contributed by atoms with E-state index in [9.17, 15) is 9.18 Å². The van der Waals surface area contributed by atoms with Crippen LogP contribution in [0, 0.1) is 5.82 Å². The highest BCUT2D eigenvalue weighted by molar-refractivity contribution is 5.62. The first kappa shape index (κ1) is 13.5. The van der Waals surface area contributed by atoms with Gasteiger partial charge in [0, 0.05) is 5.92 Å². The van der Waals surface area contributed by atoms with Gasteiger partial charge in [-0.1, -0.05) is 43.3 Å². The van der Waals surface area contributed by atoms with Gasteiger partial charge in [0.25, 0.3) is 0 Å². The average molecular weight is 256 g/mol. The van der Waals surface area contributed by atoms with E-state index < -0.39 is 0 Å². The molecular weight excluding hydrogens is 239 g/mol. The number of carbonyl (C=O) groups excluding carboxylic acids is 1. The van der Waals surface area contributed by atoms with Gasteiger partial charge in [-0.2, -0.15) is 0 Å². The van der Waals surface area contributed by atoms with Crippen LogP contribution in [-0.4, -0.2) is 6.29 Å². The molecule has 19 heavy (non-hydrogen) atoms. The molecule has 0 fully saturated rings. The lowest BCUT2D eigenvalue weighted by Crippen LogP contribution is -2.04. The Morgan fingerprint density at radius 3 is 2.11 bits per heavy atom. The van der Waals surface area contributed by atoms with Crippen LogP contribution < -0.4 is 0 Å². The molecule has 1 atom stereocenters. The van der Waals surface area contributed by atoms with Crippen LogP contribution in [0.4, 0.5) is 4.39 Å². The molecule has 0 heterocycles. The maximum atomic E-state index is 12.9. The Morgan fingerprint density at radius 2 is 1.58 bits per heavy atom. The van der Waals surface area contributed by atoms with E-state index in [1.165, 1.54) is 17.7 Å². The van der Waals surface area contributed by atoms with Gasteiger partial charge in [-0.15, -0.1) is 0 Å². The van der Waals surface area contributed by atoms with E-state index in [0.29, 0.717) is 6.42 Å². The number of hydrogen-bond acceptors (Lipinski definition) is 1. The fraction of sp³-hybridized carbons (Fsp3) is 0.235. The third-order valence-corrected chi connectivity index (χ3v) is 3.35. The van der Waals surface area contributed by atoms with Crippen molar-refractivity contribution in [1.29, 1.82) is 0 Å². The predicted octanol–water partition coefficient (Wildman–Crippen LogP) is 3.91. The summed E-state index contributed by atoms with van der Waals surface area (Å²) in [5.41, 5.74) is 3.27. The van der Waals surface area contributed by atoms with Gasteiger partial charge < -0.3 is 4.79 Å². The molecule has 1 nitrogen and oxygen atoms in total. The Bertz CT molecular complexity index is 528. The zero-order valence-corrected chi connectivity index (χ0v) is 11.0. The first-order valence-corrected chi connectivity index (χ1v) is 6.51. The number of aldehydes is 1. The number of benzene rings is 2. The summed E-state index contributed by atoms with van der Waals surface area (Å²) in [6, 6.07) is 14.4. The molecule has 2 heteroatoms. The van der Waals surface area contributed by atoms with E-state index in [2.05, 4.69) is 31.2 Å². The fourth-order valence-corrected chi connectivity index (χ4v) is 2.12. The zero-order valence-electron chi connectivity index (χ0n) is 11.0. The van der Waals surface area contributed by atoms with Crippen molar-refractivity contribution in [2.75, 3.05) is 0 Å². The summed E-state index contributed by atoms with van der Waals surface area (Å²) >= 11 is 0. The van der Waals surface area contributed by atoms with E-state index in [4.69, 9.17) is 0 Å². The SMILES string of the molecule is CCc1ccc(CC(C=O)c2ccc(F)cc2)cc1. The molecule has 1 unspecified atom stereocenters. The van der Waals surface area contributed by atoms with Gasteiger partial charge in [0.2, 0.25) is 0 Å². The van der Waals surface area contributed by atoms with Crippen LogP contribution in [0.15, 0.2) is 48.5 Å². The lowest BCUT2D eigenvalue weighted by atomic mass is 9.93. The molecule has 0 spiro atoms. The highest BCUT2D eigenvalue weighted by atomic mass is 19.1. The lowest BCUT2D eigenvalue weighted by Gasteiger charge is -2.11. The van der Waals surface area contributed by atoms with E-state index in [-0.39, 0.29) is 11.7 Å². The lowest BCUT2D eigenvalue weighted by molar-refractivity contribution is -0.109. The van der Waals surface area contributed by atoms with Crippen LogP contribution in [-0.2, 0) is 17.6 Å². The molecule has 0 aliphatic rings. The molecular formula is C17H17FO. The number of hydrogen-bond donors (Lipinski definition) is 0. The van der Waals surface area contributed by atoms with Crippen LogP contribution in [0.3, 0.4) is 0 Å². The van der Waals surface area contributed by atoms with Gasteiger partial charge >= 0.3 is 0 Å². The predicted molar refractivity (Wildman–Crippen MR) is 74.7 cm³/mol. The molecule has 0 aliphatic heterocycles. The van der Waals surface area contributed by atoms with Crippen LogP contribution in [0.5, 0.6) is 0 Å². The van der Waals surface area contributed by atoms with Crippen molar-refractivity contribution in [1.82, 2.24) is 0 Å². The Labute approximate surface area is 113 Å². The summed E-state index contributed by atoms with van der Waals surface area (Å²) in [5.74, 6) is -0.492. The van der Waals surface area contributed by atoms with Gasteiger partial charge in [0.15, 0.2) is 0 Å². The average Bonchev–Trinajstić information content (AvgIpc) is 2.46. The monoisotopic (exact) mass is 256 g/mol. The topological polar surface area (TPSA) is 17.1 Å². The van der Waals surface area contributed by atoms with Crippen molar-refractivity contribution >= 4 is 6.29 Å². The smallest absolute Gasteiger partial charge is 0.127 e. The molecule has 0 radical (unpaired) electrons. The van der Waals surface area contributed by atoms with Crippen molar-refractivity contribution < 1.29 is 9.18 Å². The number of halogens is 1. The van der Waals surface area contributed by atoms with Crippen molar-refractivity contribution in [3.63, 3.8) is 0 Å². The Morgan fingerprint density at radius 1 is 1.00 bits per heavy atom. The molecule has 2 aromatic rings. The third kappa shape index (κ3) is 3.50. The Kier molecular flexibility index (Phi) is 4.45. The second kappa shape index (κ2) is 6.28. The van der Waals surface area contributed by atoms with E-state index in [0.717, 1.165) is 23.8 Å². The number of aryl methyl sites for hydroxylation is 1. The quantitative estimate of drug-likeness (QED) is 0.741. The third-order valence-electron chi connectivity index (χ3n) is 3.35. The summed E-state index contributed by atoms with van der Waals surface area (Å²) < 4.78 is 12.9. The standard InChI is InChI=1S/C17H17FO/c1-2-13-3-5-14(6-4-13)11-16(12-19)15-7-9-17(18)10-8-15/h3-10,12,16H,2,11H2,1H3. The molecule has 0 saturated heterocycles. The van der Waals surface area contributed by atoms with Crippen molar-refractivity contribution in [3.05, 3.63) is 71.0 Å².